The third-order valence-electron chi connectivity index (χ3n) is 3.55. The molecule has 2 nitrogen and oxygen atoms in total. The molecule has 1 heterocycles. The third-order valence-corrected chi connectivity index (χ3v) is 4.61. The molecule has 0 amide bonds. The van der Waals surface area contributed by atoms with Crippen LogP contribution in [0.5, 0.6) is 0 Å². The number of hydrogen-bond acceptors (Lipinski definition) is 1. The molecule has 102 valence electrons. The van der Waals surface area contributed by atoms with Crippen LogP contribution in [0.1, 0.15) is 0 Å². The summed E-state index contributed by atoms with van der Waals surface area (Å²) in [5.74, 6) is 0.889. The summed E-state index contributed by atoms with van der Waals surface area (Å²) in [6.45, 7) is 0. The van der Waals surface area contributed by atoms with Crippen LogP contribution in [-0.4, -0.2) is 9.97 Å². The minimum Gasteiger partial charge on any atom is -0.338 e. The average molecular weight is 402 g/mol. The molecule has 4 heteroatoms. The van der Waals surface area contributed by atoms with Crippen molar-refractivity contribution in [2.24, 2.45) is 0 Å². The fraction of sp³-hybridized carbons (Fsp3) is 0. The Morgan fingerprint density at radius 3 is 2.62 bits per heavy atom. The molecule has 1 N–H and O–H groups in total. The van der Waals surface area contributed by atoms with Crippen molar-refractivity contribution in [3.8, 4) is 11.4 Å². The number of imidazole rings is 1. The van der Waals surface area contributed by atoms with E-state index in [1.165, 1.54) is 10.8 Å². The summed E-state index contributed by atoms with van der Waals surface area (Å²) in [4.78, 5) is 8.17. The van der Waals surface area contributed by atoms with Crippen LogP contribution in [0.25, 0.3) is 33.2 Å². The van der Waals surface area contributed by atoms with E-state index in [2.05, 4.69) is 79.3 Å². The van der Waals surface area contributed by atoms with Crippen LogP contribution >= 0.6 is 31.9 Å². The molecule has 0 aliphatic carbocycles. The van der Waals surface area contributed by atoms with Gasteiger partial charge in [0.15, 0.2) is 0 Å². The van der Waals surface area contributed by atoms with Crippen LogP contribution in [0, 0.1) is 0 Å². The molecule has 0 fully saturated rings. The lowest BCUT2D eigenvalue weighted by molar-refractivity contribution is 1.34. The second kappa shape index (κ2) is 4.97. The Morgan fingerprint density at radius 1 is 0.905 bits per heavy atom. The van der Waals surface area contributed by atoms with E-state index >= 15 is 0 Å². The van der Waals surface area contributed by atoms with Gasteiger partial charge in [-0.15, -0.1) is 0 Å². The van der Waals surface area contributed by atoms with Crippen LogP contribution in [0.15, 0.2) is 63.5 Å². The van der Waals surface area contributed by atoms with Gasteiger partial charge in [-0.05, 0) is 38.8 Å². The molecule has 0 aliphatic heterocycles. The number of nitrogens with zero attached hydrogens (tertiary/aromatic N) is 1. The number of aromatic amines is 1. The first-order chi connectivity index (χ1) is 10.2. The number of aromatic nitrogens is 2. The summed E-state index contributed by atoms with van der Waals surface area (Å²) in [6.07, 6.45) is 0. The number of hydrogen-bond donors (Lipinski definition) is 1. The molecule has 0 bridgehead atoms. The van der Waals surface area contributed by atoms with Gasteiger partial charge in [-0.3, -0.25) is 0 Å². The largest absolute Gasteiger partial charge is 0.338 e. The van der Waals surface area contributed by atoms with Crippen LogP contribution in [0.4, 0.5) is 0 Å². The van der Waals surface area contributed by atoms with Crippen LogP contribution in [0.3, 0.4) is 0 Å². The minimum absolute atomic E-state index is 0.889. The molecule has 1 aromatic heterocycles. The second-order valence-corrected chi connectivity index (χ2v) is 6.67. The fourth-order valence-electron chi connectivity index (χ4n) is 2.60. The average Bonchev–Trinajstić information content (AvgIpc) is 2.90. The van der Waals surface area contributed by atoms with E-state index in [0.29, 0.717) is 0 Å². The summed E-state index contributed by atoms with van der Waals surface area (Å²) in [5.41, 5.74) is 3.08. The van der Waals surface area contributed by atoms with Gasteiger partial charge in [-0.2, -0.15) is 0 Å². The Balaban J connectivity index is 2.03. The summed E-state index contributed by atoms with van der Waals surface area (Å²) in [6, 6.07) is 18.7. The van der Waals surface area contributed by atoms with E-state index < -0.39 is 0 Å². The van der Waals surface area contributed by atoms with E-state index in [9.17, 15) is 0 Å². The summed E-state index contributed by atoms with van der Waals surface area (Å²) >= 11 is 7.08. The summed E-state index contributed by atoms with van der Waals surface area (Å²) in [7, 11) is 0. The smallest absolute Gasteiger partial charge is 0.139 e. The van der Waals surface area contributed by atoms with Crippen molar-refractivity contribution in [3.63, 3.8) is 0 Å². The second-order valence-electron chi connectivity index (χ2n) is 4.90. The predicted molar refractivity (Wildman–Crippen MR) is 94.4 cm³/mol. The Labute approximate surface area is 138 Å². The molecule has 0 saturated carbocycles. The van der Waals surface area contributed by atoms with Crippen LogP contribution < -0.4 is 0 Å². The van der Waals surface area contributed by atoms with E-state index in [-0.39, 0.29) is 0 Å². The number of halogens is 2. The van der Waals surface area contributed by atoms with Gasteiger partial charge in [0.25, 0.3) is 0 Å². The van der Waals surface area contributed by atoms with Gasteiger partial charge in [0.2, 0.25) is 0 Å². The fourth-order valence-corrected chi connectivity index (χ4v) is 3.92. The summed E-state index contributed by atoms with van der Waals surface area (Å²) < 4.78 is 2.00. The molecule has 0 saturated heterocycles. The van der Waals surface area contributed by atoms with Crippen molar-refractivity contribution in [3.05, 3.63) is 63.5 Å². The van der Waals surface area contributed by atoms with Gasteiger partial charge in [0.05, 0.1) is 5.52 Å². The number of nitrogens with one attached hydrogen (secondary N) is 1. The van der Waals surface area contributed by atoms with E-state index in [1.807, 2.05) is 12.1 Å². The molecule has 0 unspecified atom stereocenters. The highest BCUT2D eigenvalue weighted by Gasteiger charge is 2.11. The van der Waals surface area contributed by atoms with E-state index in [1.54, 1.807) is 0 Å². The standard InChI is InChI=1S/C17H10Br2N2/c18-11-8-14(19)16-15(9-11)20-17(21-16)13-7-3-5-10-4-1-2-6-12(10)13/h1-9H,(H,20,21). The van der Waals surface area contributed by atoms with Crippen LogP contribution in [-0.2, 0) is 0 Å². The SMILES string of the molecule is Brc1cc(Br)c2nc(-c3cccc4ccccc34)[nH]c2c1. The zero-order chi connectivity index (χ0) is 14.4. The zero-order valence-corrected chi connectivity index (χ0v) is 14.1. The quantitative estimate of drug-likeness (QED) is 0.422. The zero-order valence-electron chi connectivity index (χ0n) is 10.9. The molecular weight excluding hydrogens is 392 g/mol. The Kier molecular flexibility index (Phi) is 3.08. The molecule has 0 atom stereocenters. The Morgan fingerprint density at radius 2 is 1.71 bits per heavy atom. The Bertz CT molecular complexity index is 968. The van der Waals surface area contributed by atoms with Crippen molar-refractivity contribution < 1.29 is 0 Å². The van der Waals surface area contributed by atoms with Crippen molar-refractivity contribution in [2.45, 2.75) is 0 Å². The van der Waals surface area contributed by atoms with Gasteiger partial charge in [0, 0.05) is 14.5 Å². The van der Waals surface area contributed by atoms with Crippen LogP contribution in [0.2, 0.25) is 0 Å². The molecule has 3 aromatic carbocycles. The van der Waals surface area contributed by atoms with Gasteiger partial charge in [0.1, 0.15) is 11.3 Å². The lowest BCUT2D eigenvalue weighted by Gasteiger charge is -2.03. The van der Waals surface area contributed by atoms with Gasteiger partial charge < -0.3 is 4.98 Å². The summed E-state index contributed by atoms with van der Waals surface area (Å²) in [5, 5.41) is 2.42. The first kappa shape index (κ1) is 13.0. The molecule has 0 aliphatic rings. The highest BCUT2D eigenvalue weighted by atomic mass is 79.9. The first-order valence-electron chi connectivity index (χ1n) is 6.55. The van der Waals surface area contributed by atoms with Gasteiger partial charge >= 0.3 is 0 Å². The van der Waals surface area contributed by atoms with Gasteiger partial charge in [-0.1, -0.05) is 58.4 Å². The number of fused-ring (bicyclic) bond motifs is 2. The lowest BCUT2D eigenvalue weighted by atomic mass is 10.0. The Hall–Kier alpha value is -1.65. The third kappa shape index (κ3) is 2.19. The maximum atomic E-state index is 4.75. The number of benzene rings is 3. The molecule has 0 spiro atoms. The highest BCUT2D eigenvalue weighted by molar-refractivity contribution is 9.11. The normalized spacial score (nSPS) is 11.3. The van der Waals surface area contributed by atoms with E-state index in [0.717, 1.165) is 31.4 Å². The van der Waals surface area contributed by atoms with Crippen molar-refractivity contribution >= 4 is 53.7 Å². The maximum Gasteiger partial charge on any atom is 0.139 e. The molecule has 4 rings (SSSR count). The highest BCUT2D eigenvalue weighted by Crippen LogP contribution is 2.32. The monoisotopic (exact) mass is 400 g/mol. The van der Waals surface area contributed by atoms with E-state index in [4.69, 9.17) is 4.98 Å². The molecule has 4 aromatic rings. The molecule has 21 heavy (non-hydrogen) atoms. The topological polar surface area (TPSA) is 28.7 Å². The first-order valence-corrected chi connectivity index (χ1v) is 8.14. The number of H-pyrrole nitrogens is 1. The number of rotatable bonds is 1. The predicted octanol–water partition coefficient (Wildman–Crippen LogP) is 5.91. The minimum atomic E-state index is 0.889. The molecule has 0 radical (unpaired) electrons. The maximum absolute atomic E-state index is 4.75. The van der Waals surface area contributed by atoms with Crippen molar-refractivity contribution in [2.75, 3.05) is 0 Å². The lowest BCUT2D eigenvalue weighted by Crippen LogP contribution is -1.82. The molecular formula is C17H10Br2N2. The van der Waals surface area contributed by atoms with Gasteiger partial charge in [-0.25, -0.2) is 4.98 Å². The van der Waals surface area contributed by atoms with Crippen molar-refractivity contribution in [1.29, 1.82) is 0 Å². The van der Waals surface area contributed by atoms with Crippen molar-refractivity contribution in [1.82, 2.24) is 9.97 Å².